The molecule has 238 valence electrons. The van der Waals surface area contributed by atoms with Crippen LogP contribution >= 0.6 is 11.3 Å². The zero-order chi connectivity index (χ0) is 33.5. The summed E-state index contributed by atoms with van der Waals surface area (Å²) in [6.07, 6.45) is 0. The predicted molar refractivity (Wildman–Crippen MR) is 219 cm³/mol. The number of rotatable bonds is 4. The first kappa shape index (κ1) is 28.4. The largest absolute Gasteiger partial charge is 0.309 e. The summed E-state index contributed by atoms with van der Waals surface area (Å²) in [5.74, 6) is 0. The van der Waals surface area contributed by atoms with Crippen LogP contribution in [0.5, 0.6) is 0 Å². The van der Waals surface area contributed by atoms with Crippen molar-refractivity contribution in [3.63, 3.8) is 0 Å². The van der Waals surface area contributed by atoms with E-state index in [-0.39, 0.29) is 0 Å². The Kier molecular flexibility index (Phi) is 6.16. The van der Waals surface area contributed by atoms with Gasteiger partial charge >= 0.3 is 0 Å². The van der Waals surface area contributed by atoms with Gasteiger partial charge < -0.3 is 9.13 Å². The van der Waals surface area contributed by atoms with E-state index in [9.17, 15) is 0 Å². The first-order valence-corrected chi connectivity index (χ1v) is 18.3. The van der Waals surface area contributed by atoms with Crippen LogP contribution in [0.1, 0.15) is 0 Å². The Morgan fingerprint density at radius 3 is 1.78 bits per heavy atom. The Bertz CT molecular complexity index is 3130. The molecule has 0 spiro atoms. The zero-order valence-electron chi connectivity index (χ0n) is 27.6. The molecule has 0 atom stereocenters. The van der Waals surface area contributed by atoms with E-state index in [0.29, 0.717) is 0 Å². The summed E-state index contributed by atoms with van der Waals surface area (Å²) in [5.41, 5.74) is 12.1. The molecule has 0 N–H and O–H groups in total. The molecule has 3 heterocycles. The standard InChI is InChI=1S/C48H30N2S/c1-3-15-31(16-4-1)40-29-33(30-41-35-20-9-12-28-45(35)51-48(40)41)49-43-26-11-8-21-39(43)46-36(22-14-27-44(46)49)38-24-13-23-37-34-19-7-10-25-42(34)50(47(37)38)32-17-5-2-6-18-32/h1-30H. The lowest BCUT2D eigenvalue weighted by Gasteiger charge is -2.14. The van der Waals surface area contributed by atoms with Gasteiger partial charge in [-0.2, -0.15) is 0 Å². The van der Waals surface area contributed by atoms with Crippen LogP contribution < -0.4 is 0 Å². The molecule has 0 aliphatic carbocycles. The molecule has 11 rings (SSSR count). The first-order chi connectivity index (χ1) is 25.3. The second-order valence-electron chi connectivity index (χ2n) is 13.3. The van der Waals surface area contributed by atoms with Gasteiger partial charge in [-0.15, -0.1) is 11.3 Å². The average Bonchev–Trinajstić information content (AvgIpc) is 3.86. The van der Waals surface area contributed by atoms with E-state index >= 15 is 0 Å². The van der Waals surface area contributed by atoms with Crippen molar-refractivity contribution in [3.8, 4) is 33.6 Å². The van der Waals surface area contributed by atoms with Crippen LogP contribution in [0.15, 0.2) is 182 Å². The Hall–Kier alpha value is -6.42. The Balaban J connectivity index is 1.26. The normalized spacial score (nSPS) is 11.9. The maximum absolute atomic E-state index is 2.49. The molecule has 0 fully saturated rings. The van der Waals surface area contributed by atoms with Gasteiger partial charge in [-0.1, -0.05) is 133 Å². The highest BCUT2D eigenvalue weighted by molar-refractivity contribution is 7.26. The Labute approximate surface area is 298 Å². The van der Waals surface area contributed by atoms with Crippen LogP contribution in [0.2, 0.25) is 0 Å². The molecule has 2 nitrogen and oxygen atoms in total. The van der Waals surface area contributed by atoms with Gasteiger partial charge in [-0.25, -0.2) is 0 Å². The number of para-hydroxylation sites is 4. The van der Waals surface area contributed by atoms with Crippen molar-refractivity contribution in [2.45, 2.75) is 0 Å². The molecule has 0 unspecified atom stereocenters. The molecule has 11 aromatic rings. The molecular weight excluding hydrogens is 637 g/mol. The molecule has 51 heavy (non-hydrogen) atoms. The van der Waals surface area contributed by atoms with Gasteiger partial charge in [0.2, 0.25) is 0 Å². The summed E-state index contributed by atoms with van der Waals surface area (Å²) in [6, 6.07) is 66.6. The highest BCUT2D eigenvalue weighted by Gasteiger charge is 2.22. The predicted octanol–water partition coefficient (Wildman–Crippen LogP) is 13.6. The van der Waals surface area contributed by atoms with Crippen molar-refractivity contribution in [1.82, 2.24) is 9.13 Å². The van der Waals surface area contributed by atoms with Gasteiger partial charge in [-0.05, 0) is 59.7 Å². The molecular formula is C48H30N2S. The van der Waals surface area contributed by atoms with Gasteiger partial charge in [0.1, 0.15) is 0 Å². The van der Waals surface area contributed by atoms with Crippen molar-refractivity contribution in [3.05, 3.63) is 182 Å². The molecule has 8 aromatic carbocycles. The molecule has 3 aromatic heterocycles. The molecule has 3 heteroatoms. The van der Waals surface area contributed by atoms with Gasteiger partial charge in [0.05, 0.1) is 22.1 Å². The van der Waals surface area contributed by atoms with Gasteiger partial charge in [0.25, 0.3) is 0 Å². The fourth-order valence-corrected chi connectivity index (χ4v) is 9.60. The van der Waals surface area contributed by atoms with E-state index in [2.05, 4.69) is 191 Å². The van der Waals surface area contributed by atoms with E-state index < -0.39 is 0 Å². The van der Waals surface area contributed by atoms with E-state index in [4.69, 9.17) is 0 Å². The lowest BCUT2D eigenvalue weighted by Crippen LogP contribution is -1.96. The van der Waals surface area contributed by atoms with Gasteiger partial charge in [0, 0.05) is 64.2 Å². The number of hydrogen-bond acceptors (Lipinski definition) is 1. The fourth-order valence-electron chi connectivity index (χ4n) is 8.38. The fraction of sp³-hybridized carbons (Fsp3) is 0. The highest BCUT2D eigenvalue weighted by Crippen LogP contribution is 2.46. The lowest BCUT2D eigenvalue weighted by molar-refractivity contribution is 1.18. The molecule has 0 aliphatic rings. The second kappa shape index (κ2) is 11.0. The number of fused-ring (bicyclic) bond motifs is 9. The average molecular weight is 667 g/mol. The van der Waals surface area contributed by atoms with Gasteiger partial charge in [-0.3, -0.25) is 0 Å². The number of hydrogen-bond donors (Lipinski definition) is 0. The van der Waals surface area contributed by atoms with Crippen LogP contribution in [-0.4, -0.2) is 9.13 Å². The van der Waals surface area contributed by atoms with Crippen LogP contribution in [0.3, 0.4) is 0 Å². The zero-order valence-corrected chi connectivity index (χ0v) is 28.4. The minimum absolute atomic E-state index is 1.16. The van der Waals surface area contributed by atoms with Gasteiger partial charge in [0.15, 0.2) is 0 Å². The van der Waals surface area contributed by atoms with Crippen LogP contribution in [0.4, 0.5) is 0 Å². The summed E-state index contributed by atoms with van der Waals surface area (Å²) >= 11 is 1.89. The summed E-state index contributed by atoms with van der Waals surface area (Å²) in [7, 11) is 0. The molecule has 0 aliphatic heterocycles. The third-order valence-electron chi connectivity index (χ3n) is 10.5. The third kappa shape index (κ3) is 4.16. The molecule has 0 bridgehead atoms. The maximum atomic E-state index is 2.49. The number of thiophene rings is 1. The second-order valence-corrected chi connectivity index (χ2v) is 14.3. The summed E-state index contributed by atoms with van der Waals surface area (Å²) < 4.78 is 7.57. The smallest absolute Gasteiger partial charge is 0.0619 e. The Morgan fingerprint density at radius 2 is 0.961 bits per heavy atom. The lowest BCUT2D eigenvalue weighted by atomic mass is 9.97. The minimum Gasteiger partial charge on any atom is -0.309 e. The Morgan fingerprint density at radius 1 is 0.353 bits per heavy atom. The highest BCUT2D eigenvalue weighted by atomic mass is 32.1. The van der Waals surface area contributed by atoms with Crippen LogP contribution in [-0.2, 0) is 0 Å². The van der Waals surface area contributed by atoms with Crippen LogP contribution in [0.25, 0.3) is 97.4 Å². The van der Waals surface area contributed by atoms with Crippen molar-refractivity contribution < 1.29 is 0 Å². The quantitative estimate of drug-likeness (QED) is 0.177. The van der Waals surface area contributed by atoms with E-state index in [0.717, 1.165) is 5.69 Å². The molecule has 0 radical (unpaired) electrons. The van der Waals surface area contributed by atoms with E-state index in [1.165, 1.54) is 91.7 Å². The maximum Gasteiger partial charge on any atom is 0.0619 e. The summed E-state index contributed by atoms with van der Waals surface area (Å²) in [6.45, 7) is 0. The van der Waals surface area contributed by atoms with Crippen molar-refractivity contribution in [1.29, 1.82) is 0 Å². The number of nitrogens with zero attached hydrogens (tertiary/aromatic N) is 2. The summed E-state index contributed by atoms with van der Waals surface area (Å²) in [4.78, 5) is 0. The number of benzene rings is 8. The van der Waals surface area contributed by atoms with E-state index in [1.807, 2.05) is 11.3 Å². The van der Waals surface area contributed by atoms with Crippen LogP contribution in [0, 0.1) is 0 Å². The van der Waals surface area contributed by atoms with E-state index in [1.54, 1.807) is 0 Å². The summed E-state index contributed by atoms with van der Waals surface area (Å²) in [5, 5.41) is 7.64. The molecule has 0 amide bonds. The minimum atomic E-state index is 1.16. The van der Waals surface area contributed by atoms with Crippen molar-refractivity contribution in [2.24, 2.45) is 0 Å². The van der Waals surface area contributed by atoms with Crippen molar-refractivity contribution in [2.75, 3.05) is 0 Å². The SMILES string of the molecule is c1ccc(-c2cc(-n3c4ccccc4c4c(-c5cccc6c7ccccc7n(-c7ccccc7)c56)cccc43)cc3c2sc2ccccc23)cc1. The molecule has 0 saturated heterocycles. The topological polar surface area (TPSA) is 9.86 Å². The third-order valence-corrected chi connectivity index (χ3v) is 11.7. The first-order valence-electron chi connectivity index (χ1n) is 17.4. The molecule has 0 saturated carbocycles. The number of aromatic nitrogens is 2. The van der Waals surface area contributed by atoms with Crippen molar-refractivity contribution >= 4 is 75.1 Å². The monoisotopic (exact) mass is 666 g/mol.